The maximum atomic E-state index is 13.5. The second kappa shape index (κ2) is 6.85. The Balaban J connectivity index is 2.02. The topological polar surface area (TPSA) is 67.1 Å². The molecule has 1 aromatic rings. The molecule has 0 atom stereocenters. The summed E-state index contributed by atoms with van der Waals surface area (Å²) >= 11 is 0. The van der Waals surface area contributed by atoms with Crippen molar-refractivity contribution in [1.29, 1.82) is 0 Å². The van der Waals surface area contributed by atoms with Crippen molar-refractivity contribution in [2.24, 2.45) is 5.73 Å². The summed E-state index contributed by atoms with van der Waals surface area (Å²) in [6.07, 6.45) is 5.95. The molecule has 21 heavy (non-hydrogen) atoms. The normalized spacial score (nSPS) is 17.9. The average molecular weight is 297 g/mol. The number of nitrogens with one attached hydrogen (secondary N) is 2. The second-order valence-corrected chi connectivity index (χ2v) is 5.60. The highest BCUT2D eigenvalue weighted by Crippen LogP contribution is 2.26. The lowest BCUT2D eigenvalue weighted by Gasteiger charge is -2.32. The Morgan fingerprint density at radius 2 is 1.86 bits per heavy atom. The van der Waals surface area contributed by atoms with Gasteiger partial charge in [0.05, 0.1) is 11.2 Å². The molecule has 0 saturated heterocycles. The largest absolute Gasteiger partial charge is 0.331 e. The van der Waals surface area contributed by atoms with Crippen molar-refractivity contribution in [3.8, 4) is 0 Å². The van der Waals surface area contributed by atoms with E-state index in [1.807, 2.05) is 0 Å². The van der Waals surface area contributed by atoms with Crippen LogP contribution >= 0.6 is 0 Å². The van der Waals surface area contributed by atoms with Gasteiger partial charge in [-0.15, -0.1) is 0 Å². The zero-order valence-electron chi connectivity index (χ0n) is 11.9. The van der Waals surface area contributed by atoms with Crippen LogP contribution in [0.3, 0.4) is 0 Å². The van der Waals surface area contributed by atoms with Gasteiger partial charge in [0.15, 0.2) is 0 Å². The molecule has 1 aliphatic carbocycles. The first kappa shape index (κ1) is 15.7. The quantitative estimate of drug-likeness (QED) is 0.750. The Hall–Kier alpha value is -1.69. The summed E-state index contributed by atoms with van der Waals surface area (Å²) in [5, 5.41) is 5.29. The van der Waals surface area contributed by atoms with E-state index in [2.05, 4.69) is 10.6 Å². The standard InChI is InChI=1S/C15H21F2N3O/c16-11-5-6-13(12(17)9-11)19-14(21)20-15(10-18)7-3-1-2-4-8-15/h5-6,9H,1-4,7-8,10,18H2,(H2,19,20,21). The Bertz CT molecular complexity index is 500. The van der Waals surface area contributed by atoms with Crippen molar-refractivity contribution >= 4 is 11.7 Å². The fourth-order valence-electron chi connectivity index (χ4n) is 2.77. The van der Waals surface area contributed by atoms with Gasteiger partial charge >= 0.3 is 6.03 Å². The van der Waals surface area contributed by atoms with Gasteiger partial charge in [-0.05, 0) is 25.0 Å². The third-order valence-electron chi connectivity index (χ3n) is 4.01. The fraction of sp³-hybridized carbons (Fsp3) is 0.533. The molecule has 1 fully saturated rings. The molecule has 4 N–H and O–H groups in total. The first-order valence-electron chi connectivity index (χ1n) is 7.29. The van der Waals surface area contributed by atoms with Crippen LogP contribution in [0.15, 0.2) is 18.2 Å². The summed E-state index contributed by atoms with van der Waals surface area (Å²) < 4.78 is 26.4. The molecule has 0 bridgehead atoms. The molecule has 6 heteroatoms. The van der Waals surface area contributed by atoms with E-state index in [1.165, 1.54) is 6.07 Å². The number of amides is 2. The lowest BCUT2D eigenvalue weighted by molar-refractivity contribution is 0.230. The van der Waals surface area contributed by atoms with Gasteiger partial charge in [-0.3, -0.25) is 0 Å². The molecule has 0 spiro atoms. The van der Waals surface area contributed by atoms with E-state index in [0.29, 0.717) is 6.54 Å². The van der Waals surface area contributed by atoms with E-state index in [4.69, 9.17) is 5.73 Å². The Kier molecular flexibility index (Phi) is 5.12. The smallest absolute Gasteiger partial charge is 0.319 e. The number of hydrogen-bond acceptors (Lipinski definition) is 2. The van der Waals surface area contributed by atoms with Crippen LogP contribution in [-0.4, -0.2) is 18.1 Å². The van der Waals surface area contributed by atoms with Gasteiger partial charge in [0.25, 0.3) is 0 Å². The van der Waals surface area contributed by atoms with Gasteiger partial charge in [0.2, 0.25) is 0 Å². The van der Waals surface area contributed by atoms with Crippen molar-refractivity contribution in [1.82, 2.24) is 5.32 Å². The second-order valence-electron chi connectivity index (χ2n) is 5.60. The summed E-state index contributed by atoms with van der Waals surface area (Å²) in [5.41, 5.74) is 5.35. The number of rotatable bonds is 3. The number of anilines is 1. The lowest BCUT2D eigenvalue weighted by Crippen LogP contribution is -2.54. The summed E-state index contributed by atoms with van der Waals surface area (Å²) in [4.78, 5) is 12.1. The lowest BCUT2D eigenvalue weighted by atomic mass is 9.90. The fourth-order valence-corrected chi connectivity index (χ4v) is 2.77. The number of carbonyl (C=O) groups excluding carboxylic acids is 1. The monoisotopic (exact) mass is 297 g/mol. The molecule has 2 amide bonds. The molecular weight excluding hydrogens is 276 g/mol. The molecule has 4 nitrogen and oxygen atoms in total. The number of urea groups is 1. The minimum absolute atomic E-state index is 0.0466. The highest BCUT2D eigenvalue weighted by Gasteiger charge is 2.31. The summed E-state index contributed by atoms with van der Waals surface area (Å²) in [6, 6.07) is 2.53. The number of carbonyl (C=O) groups is 1. The Labute approximate surface area is 123 Å². The Morgan fingerprint density at radius 1 is 1.19 bits per heavy atom. The number of hydrogen-bond donors (Lipinski definition) is 3. The van der Waals surface area contributed by atoms with E-state index in [-0.39, 0.29) is 5.69 Å². The SMILES string of the molecule is NCC1(NC(=O)Nc2ccc(F)cc2F)CCCCCC1. The average Bonchev–Trinajstić information content (AvgIpc) is 2.68. The number of halogens is 2. The van der Waals surface area contributed by atoms with Crippen molar-refractivity contribution in [3.63, 3.8) is 0 Å². The molecular formula is C15H21F2N3O. The molecule has 1 saturated carbocycles. The summed E-state index contributed by atoms with van der Waals surface area (Å²) in [6.45, 7) is 0.353. The van der Waals surface area contributed by atoms with Crippen LogP contribution in [0.4, 0.5) is 19.3 Å². The maximum Gasteiger partial charge on any atom is 0.319 e. The maximum absolute atomic E-state index is 13.5. The molecule has 116 valence electrons. The van der Waals surface area contributed by atoms with Crippen LogP contribution in [0, 0.1) is 11.6 Å². The third-order valence-corrected chi connectivity index (χ3v) is 4.01. The van der Waals surface area contributed by atoms with Crippen LogP contribution in [0.5, 0.6) is 0 Å². The molecule has 1 aliphatic rings. The van der Waals surface area contributed by atoms with Gasteiger partial charge < -0.3 is 16.4 Å². The van der Waals surface area contributed by atoms with E-state index in [9.17, 15) is 13.6 Å². The van der Waals surface area contributed by atoms with Crippen LogP contribution in [0.1, 0.15) is 38.5 Å². The first-order chi connectivity index (χ1) is 10.0. The summed E-state index contributed by atoms with van der Waals surface area (Å²) in [7, 11) is 0. The van der Waals surface area contributed by atoms with Crippen LogP contribution in [0.2, 0.25) is 0 Å². The zero-order valence-corrected chi connectivity index (χ0v) is 11.9. The molecule has 2 rings (SSSR count). The van der Waals surface area contributed by atoms with Gasteiger partial charge in [-0.2, -0.15) is 0 Å². The van der Waals surface area contributed by atoms with Gasteiger partial charge in [0.1, 0.15) is 11.6 Å². The van der Waals surface area contributed by atoms with Crippen LogP contribution in [-0.2, 0) is 0 Å². The summed E-state index contributed by atoms with van der Waals surface area (Å²) in [5.74, 6) is -1.48. The number of nitrogens with two attached hydrogens (primary N) is 1. The molecule has 0 heterocycles. The van der Waals surface area contributed by atoms with Crippen LogP contribution < -0.4 is 16.4 Å². The number of benzene rings is 1. The van der Waals surface area contributed by atoms with E-state index < -0.39 is 23.2 Å². The zero-order chi connectivity index (χ0) is 15.3. The molecule has 1 aromatic carbocycles. The van der Waals surface area contributed by atoms with E-state index in [1.54, 1.807) is 0 Å². The van der Waals surface area contributed by atoms with Gasteiger partial charge in [-0.1, -0.05) is 25.7 Å². The highest BCUT2D eigenvalue weighted by atomic mass is 19.1. The minimum atomic E-state index is -0.798. The minimum Gasteiger partial charge on any atom is -0.331 e. The van der Waals surface area contributed by atoms with Crippen molar-refractivity contribution < 1.29 is 13.6 Å². The van der Waals surface area contributed by atoms with Crippen LogP contribution in [0.25, 0.3) is 0 Å². The van der Waals surface area contributed by atoms with Crippen molar-refractivity contribution in [2.45, 2.75) is 44.1 Å². The molecule has 0 aromatic heterocycles. The third kappa shape index (κ3) is 4.14. The first-order valence-corrected chi connectivity index (χ1v) is 7.29. The molecule has 0 aliphatic heterocycles. The van der Waals surface area contributed by atoms with Gasteiger partial charge in [0, 0.05) is 12.6 Å². The molecule has 0 unspecified atom stereocenters. The van der Waals surface area contributed by atoms with E-state index in [0.717, 1.165) is 50.7 Å². The van der Waals surface area contributed by atoms with Gasteiger partial charge in [-0.25, -0.2) is 13.6 Å². The predicted octanol–water partition coefficient (Wildman–Crippen LogP) is 3.14. The van der Waals surface area contributed by atoms with Crippen molar-refractivity contribution in [2.75, 3.05) is 11.9 Å². The predicted molar refractivity (Wildman–Crippen MR) is 78.0 cm³/mol. The Morgan fingerprint density at radius 3 is 2.43 bits per heavy atom. The highest BCUT2D eigenvalue weighted by molar-refractivity contribution is 5.89. The molecule has 0 radical (unpaired) electrons. The van der Waals surface area contributed by atoms with E-state index >= 15 is 0 Å². The van der Waals surface area contributed by atoms with Crippen molar-refractivity contribution in [3.05, 3.63) is 29.8 Å².